The second kappa shape index (κ2) is 10.1. The molecular formula is C24H35N3O2. The number of piperidine rings is 1. The van der Waals surface area contributed by atoms with Crippen molar-refractivity contribution in [1.82, 2.24) is 14.8 Å². The summed E-state index contributed by atoms with van der Waals surface area (Å²) in [6.45, 7) is 8.41. The molecule has 0 bridgehead atoms. The Kier molecular flexibility index (Phi) is 7.51. The minimum Gasteiger partial charge on any atom is -0.497 e. The molecule has 0 amide bonds. The lowest BCUT2D eigenvalue weighted by atomic mass is 10.0. The lowest BCUT2D eigenvalue weighted by Crippen LogP contribution is -2.43. The predicted molar refractivity (Wildman–Crippen MR) is 118 cm³/mol. The second-order valence-corrected chi connectivity index (χ2v) is 8.13. The fourth-order valence-corrected chi connectivity index (χ4v) is 4.24. The molecule has 1 aromatic heterocycles. The topological polar surface area (TPSA) is 37.8 Å². The minimum absolute atomic E-state index is 0.658. The molecule has 0 radical (unpaired) electrons. The average Bonchev–Trinajstić information content (AvgIpc) is 2.75. The van der Waals surface area contributed by atoms with Gasteiger partial charge in [0.15, 0.2) is 0 Å². The van der Waals surface area contributed by atoms with E-state index in [9.17, 15) is 0 Å². The van der Waals surface area contributed by atoms with Gasteiger partial charge in [0, 0.05) is 49.5 Å². The zero-order valence-corrected chi connectivity index (χ0v) is 18.6. The number of nitrogens with zero attached hydrogens (tertiary/aromatic N) is 3. The third kappa shape index (κ3) is 5.49. The molecule has 1 aliphatic heterocycles. The Bertz CT molecular complexity index is 783. The van der Waals surface area contributed by atoms with Crippen molar-refractivity contribution in [2.24, 2.45) is 0 Å². The Morgan fingerprint density at radius 3 is 2.38 bits per heavy atom. The molecule has 1 fully saturated rings. The van der Waals surface area contributed by atoms with Crippen LogP contribution >= 0.6 is 0 Å². The number of methoxy groups -OCH3 is 2. The van der Waals surface area contributed by atoms with Gasteiger partial charge >= 0.3 is 0 Å². The third-order valence-electron chi connectivity index (χ3n) is 6.22. The van der Waals surface area contributed by atoms with Crippen molar-refractivity contribution in [1.29, 1.82) is 0 Å². The van der Waals surface area contributed by atoms with Crippen LogP contribution in [-0.2, 0) is 13.0 Å². The SMILES string of the molecule is COc1ccc(CCN(C)C2CCN(Cc3ncc(C)c(OC)c3C)CC2)cc1. The lowest BCUT2D eigenvalue weighted by molar-refractivity contribution is 0.123. The third-order valence-corrected chi connectivity index (χ3v) is 6.22. The maximum absolute atomic E-state index is 5.56. The van der Waals surface area contributed by atoms with Gasteiger partial charge in [0.2, 0.25) is 0 Å². The highest BCUT2D eigenvalue weighted by molar-refractivity contribution is 5.41. The predicted octanol–water partition coefficient (Wildman–Crippen LogP) is 3.85. The quantitative estimate of drug-likeness (QED) is 0.676. The number of likely N-dealkylation sites (N-methyl/N-ethyl adjacent to an activating group) is 1. The van der Waals surface area contributed by atoms with Crippen molar-refractivity contribution in [3.63, 3.8) is 0 Å². The van der Waals surface area contributed by atoms with Crippen molar-refractivity contribution in [3.05, 3.63) is 52.8 Å². The van der Waals surface area contributed by atoms with E-state index in [4.69, 9.17) is 9.47 Å². The van der Waals surface area contributed by atoms with E-state index in [-0.39, 0.29) is 0 Å². The molecule has 29 heavy (non-hydrogen) atoms. The van der Waals surface area contributed by atoms with Gasteiger partial charge in [-0.3, -0.25) is 9.88 Å². The number of hydrogen-bond donors (Lipinski definition) is 0. The summed E-state index contributed by atoms with van der Waals surface area (Å²) in [5, 5.41) is 0. The molecule has 0 saturated carbocycles. The van der Waals surface area contributed by atoms with Crippen molar-refractivity contribution >= 4 is 0 Å². The molecule has 0 N–H and O–H groups in total. The first-order valence-electron chi connectivity index (χ1n) is 10.6. The van der Waals surface area contributed by atoms with Gasteiger partial charge in [0.05, 0.1) is 19.9 Å². The zero-order valence-electron chi connectivity index (χ0n) is 18.6. The Morgan fingerprint density at radius 2 is 1.76 bits per heavy atom. The summed E-state index contributed by atoms with van der Waals surface area (Å²) in [6, 6.07) is 9.08. The second-order valence-electron chi connectivity index (χ2n) is 8.13. The standard InChI is InChI=1S/C24H35N3O2/c1-18-16-25-23(19(2)24(18)29-5)17-27-14-11-21(12-15-27)26(3)13-10-20-6-8-22(28-4)9-7-20/h6-9,16,21H,10-15,17H2,1-5H3. The van der Waals surface area contributed by atoms with Gasteiger partial charge < -0.3 is 14.4 Å². The summed E-state index contributed by atoms with van der Waals surface area (Å²) in [6.07, 6.45) is 5.43. The number of aryl methyl sites for hydroxylation is 1. The molecule has 1 aromatic carbocycles. The fraction of sp³-hybridized carbons (Fsp3) is 0.542. The lowest BCUT2D eigenvalue weighted by Gasteiger charge is -2.37. The van der Waals surface area contributed by atoms with Crippen LogP contribution in [0, 0.1) is 13.8 Å². The maximum Gasteiger partial charge on any atom is 0.128 e. The number of likely N-dealkylation sites (tertiary alicyclic amines) is 1. The molecule has 5 nitrogen and oxygen atoms in total. The molecule has 0 unspecified atom stereocenters. The Hall–Kier alpha value is -2.11. The minimum atomic E-state index is 0.658. The van der Waals surface area contributed by atoms with Crippen LogP contribution < -0.4 is 9.47 Å². The van der Waals surface area contributed by atoms with E-state index in [0.717, 1.165) is 55.4 Å². The summed E-state index contributed by atoms with van der Waals surface area (Å²) >= 11 is 0. The van der Waals surface area contributed by atoms with E-state index < -0.39 is 0 Å². The molecular weight excluding hydrogens is 362 g/mol. The fourth-order valence-electron chi connectivity index (χ4n) is 4.24. The van der Waals surface area contributed by atoms with Crippen molar-refractivity contribution in [2.45, 2.75) is 45.7 Å². The maximum atomic E-state index is 5.56. The first-order valence-corrected chi connectivity index (χ1v) is 10.6. The molecule has 1 aliphatic rings. The van der Waals surface area contributed by atoms with Gasteiger partial charge in [-0.25, -0.2) is 0 Å². The van der Waals surface area contributed by atoms with E-state index in [2.05, 4.69) is 47.8 Å². The Balaban J connectivity index is 1.47. The van der Waals surface area contributed by atoms with Gasteiger partial charge in [0.25, 0.3) is 0 Å². The van der Waals surface area contributed by atoms with Crippen LogP contribution in [0.1, 0.15) is 35.2 Å². The first kappa shape index (κ1) is 21.6. The average molecular weight is 398 g/mol. The van der Waals surface area contributed by atoms with Crippen LogP contribution in [0.25, 0.3) is 0 Å². The normalized spacial score (nSPS) is 15.7. The summed E-state index contributed by atoms with van der Waals surface area (Å²) in [4.78, 5) is 9.72. The van der Waals surface area contributed by atoms with E-state index in [1.54, 1.807) is 14.2 Å². The zero-order chi connectivity index (χ0) is 20.8. The molecule has 2 heterocycles. The molecule has 2 aromatic rings. The van der Waals surface area contributed by atoms with E-state index in [1.165, 1.54) is 24.0 Å². The molecule has 0 aliphatic carbocycles. The summed E-state index contributed by atoms with van der Waals surface area (Å²) in [5.74, 6) is 1.90. The monoisotopic (exact) mass is 397 g/mol. The van der Waals surface area contributed by atoms with Crippen LogP contribution in [0.4, 0.5) is 0 Å². The molecule has 3 rings (SSSR count). The van der Waals surface area contributed by atoms with E-state index in [0.29, 0.717) is 6.04 Å². The van der Waals surface area contributed by atoms with Crippen LogP contribution in [0.3, 0.4) is 0 Å². The Labute approximate surface area is 175 Å². The smallest absolute Gasteiger partial charge is 0.128 e. The highest BCUT2D eigenvalue weighted by Crippen LogP contribution is 2.26. The van der Waals surface area contributed by atoms with Crippen LogP contribution in [0.5, 0.6) is 11.5 Å². The van der Waals surface area contributed by atoms with Crippen LogP contribution in [0.15, 0.2) is 30.5 Å². The Morgan fingerprint density at radius 1 is 1.07 bits per heavy atom. The van der Waals surface area contributed by atoms with Crippen LogP contribution in [-0.4, -0.2) is 61.7 Å². The van der Waals surface area contributed by atoms with Crippen molar-refractivity contribution in [2.75, 3.05) is 40.9 Å². The summed E-state index contributed by atoms with van der Waals surface area (Å²) in [7, 11) is 5.72. The molecule has 1 saturated heterocycles. The van der Waals surface area contributed by atoms with Gasteiger partial charge in [0.1, 0.15) is 11.5 Å². The highest BCUT2D eigenvalue weighted by atomic mass is 16.5. The van der Waals surface area contributed by atoms with E-state index >= 15 is 0 Å². The number of rotatable bonds is 8. The van der Waals surface area contributed by atoms with Gasteiger partial charge in [-0.2, -0.15) is 0 Å². The number of benzene rings is 1. The largest absolute Gasteiger partial charge is 0.497 e. The molecule has 5 heteroatoms. The number of aromatic nitrogens is 1. The van der Waals surface area contributed by atoms with Crippen molar-refractivity contribution < 1.29 is 9.47 Å². The molecule has 158 valence electrons. The summed E-state index contributed by atoms with van der Waals surface area (Å²) < 4.78 is 10.8. The van der Waals surface area contributed by atoms with Crippen molar-refractivity contribution in [3.8, 4) is 11.5 Å². The van der Waals surface area contributed by atoms with E-state index in [1.807, 2.05) is 18.3 Å². The number of hydrogen-bond acceptors (Lipinski definition) is 5. The van der Waals surface area contributed by atoms with Gasteiger partial charge in [-0.1, -0.05) is 12.1 Å². The number of ether oxygens (including phenoxy) is 2. The molecule has 0 spiro atoms. The van der Waals surface area contributed by atoms with Gasteiger partial charge in [-0.05, 0) is 57.9 Å². The van der Waals surface area contributed by atoms with Gasteiger partial charge in [-0.15, -0.1) is 0 Å². The highest BCUT2D eigenvalue weighted by Gasteiger charge is 2.23. The molecule has 0 atom stereocenters. The van der Waals surface area contributed by atoms with Crippen LogP contribution in [0.2, 0.25) is 0 Å². The summed E-state index contributed by atoms with van der Waals surface area (Å²) in [5.41, 5.74) is 4.78. The number of pyridine rings is 1. The first-order chi connectivity index (χ1) is 14.0.